The molecule has 13 heteroatoms. The Kier molecular flexibility index (Phi) is 6.66. The average Bonchev–Trinajstić information content (AvgIpc) is 3.14. The molecule has 30 heavy (non-hydrogen) atoms. The topological polar surface area (TPSA) is 83.6 Å². The van der Waals surface area contributed by atoms with Crippen LogP contribution in [0.4, 0.5) is 22.4 Å². The molecular weight excluding hydrogens is 452 g/mol. The second-order valence-electron chi connectivity index (χ2n) is 6.21. The van der Waals surface area contributed by atoms with Crippen molar-refractivity contribution in [3.05, 3.63) is 45.4 Å². The lowest BCUT2D eigenvalue weighted by Crippen LogP contribution is -2.58. The molecular formula is C17H15ClF4N4O3S. The number of nitrogens with zero attached hydrogens (tertiary/aromatic N) is 2. The molecule has 2 N–H and O–H groups in total. The van der Waals surface area contributed by atoms with Crippen LogP contribution in [0.3, 0.4) is 0 Å². The Labute approximate surface area is 177 Å². The highest BCUT2D eigenvalue weighted by Gasteiger charge is 2.32. The van der Waals surface area contributed by atoms with Gasteiger partial charge < -0.3 is 20.3 Å². The standard InChI is InChI=1S/C17H15ClF4N4O3S/c1-7-14(27)23-4-5-26(7)16(28)25-13(8-2-3-9(19)11(18)12(8)20)10-6-24-17(30-10)29-15(21)22/h2-3,6-7,13,15H,4-5H2,1H3,(H,23,27)(H,25,28)/t7-,13-/m1/s1. The first-order valence-electron chi connectivity index (χ1n) is 8.57. The van der Waals surface area contributed by atoms with Crippen LogP contribution >= 0.6 is 22.9 Å². The van der Waals surface area contributed by atoms with E-state index in [9.17, 15) is 27.2 Å². The summed E-state index contributed by atoms with van der Waals surface area (Å²) in [5.74, 6) is -2.50. The van der Waals surface area contributed by atoms with Gasteiger partial charge in [-0.1, -0.05) is 29.0 Å². The largest absolute Gasteiger partial charge is 0.408 e. The number of piperazine rings is 1. The minimum Gasteiger partial charge on any atom is -0.408 e. The number of hydrogen-bond donors (Lipinski definition) is 2. The van der Waals surface area contributed by atoms with Gasteiger partial charge in [0.1, 0.15) is 22.7 Å². The van der Waals surface area contributed by atoms with E-state index in [-0.39, 0.29) is 29.4 Å². The highest BCUT2D eigenvalue weighted by atomic mass is 35.5. The minimum absolute atomic E-state index is 0.134. The van der Waals surface area contributed by atoms with E-state index in [1.54, 1.807) is 0 Å². The molecule has 2 heterocycles. The number of thiazole rings is 1. The van der Waals surface area contributed by atoms with Crippen molar-refractivity contribution < 1.29 is 31.9 Å². The Morgan fingerprint density at radius 3 is 2.87 bits per heavy atom. The summed E-state index contributed by atoms with van der Waals surface area (Å²) in [6, 6.07) is -0.775. The van der Waals surface area contributed by atoms with Gasteiger partial charge in [0.15, 0.2) is 0 Å². The number of carbonyl (C=O) groups is 2. The van der Waals surface area contributed by atoms with Crippen LogP contribution in [-0.2, 0) is 4.79 Å². The maximum absolute atomic E-state index is 14.7. The summed E-state index contributed by atoms with van der Waals surface area (Å²) < 4.78 is 57.4. The number of halogens is 5. The molecule has 0 saturated carbocycles. The third kappa shape index (κ3) is 4.59. The Hall–Kier alpha value is -2.60. The number of amides is 3. The lowest BCUT2D eigenvalue weighted by molar-refractivity contribution is -0.126. The van der Waals surface area contributed by atoms with Gasteiger partial charge in [-0.15, -0.1) is 0 Å². The van der Waals surface area contributed by atoms with Crippen LogP contribution in [0.15, 0.2) is 18.3 Å². The van der Waals surface area contributed by atoms with E-state index < -0.39 is 46.6 Å². The number of aromatic nitrogens is 1. The van der Waals surface area contributed by atoms with Gasteiger partial charge in [-0.3, -0.25) is 4.79 Å². The molecule has 1 saturated heterocycles. The second-order valence-corrected chi connectivity index (χ2v) is 7.62. The SMILES string of the molecule is C[C@@H]1C(=O)NCCN1C(=O)N[C@@H](c1cnc(OC(F)F)s1)c1ccc(F)c(Cl)c1F. The van der Waals surface area contributed by atoms with Crippen molar-refractivity contribution in [2.45, 2.75) is 25.6 Å². The normalized spacial score (nSPS) is 17.6. The van der Waals surface area contributed by atoms with Crippen molar-refractivity contribution in [2.75, 3.05) is 13.1 Å². The van der Waals surface area contributed by atoms with E-state index in [1.807, 2.05) is 0 Å². The van der Waals surface area contributed by atoms with Crippen molar-refractivity contribution in [3.8, 4) is 5.19 Å². The Balaban J connectivity index is 1.96. The fourth-order valence-corrected chi connectivity index (χ4v) is 3.88. The van der Waals surface area contributed by atoms with Crippen LogP contribution in [0.2, 0.25) is 5.02 Å². The highest BCUT2D eigenvalue weighted by Crippen LogP contribution is 2.35. The molecule has 162 valence electrons. The number of carbonyl (C=O) groups excluding carboxylic acids is 2. The molecule has 2 aromatic rings. The third-order valence-electron chi connectivity index (χ3n) is 4.38. The van der Waals surface area contributed by atoms with Crippen molar-refractivity contribution >= 4 is 34.9 Å². The van der Waals surface area contributed by atoms with Gasteiger partial charge in [0, 0.05) is 24.8 Å². The molecule has 1 aromatic carbocycles. The number of nitrogens with one attached hydrogen (secondary N) is 2. The lowest BCUT2D eigenvalue weighted by atomic mass is 10.0. The second kappa shape index (κ2) is 9.04. The molecule has 3 rings (SSSR count). The fourth-order valence-electron chi connectivity index (χ4n) is 2.87. The molecule has 1 fully saturated rings. The monoisotopic (exact) mass is 466 g/mol. The zero-order valence-electron chi connectivity index (χ0n) is 15.3. The Morgan fingerprint density at radius 2 is 2.17 bits per heavy atom. The van der Waals surface area contributed by atoms with Crippen LogP contribution in [0.5, 0.6) is 5.19 Å². The molecule has 1 aliphatic rings. The first-order valence-corrected chi connectivity index (χ1v) is 9.77. The number of rotatable bonds is 5. The van der Waals surface area contributed by atoms with Gasteiger partial charge in [0.05, 0.1) is 10.9 Å². The van der Waals surface area contributed by atoms with Gasteiger partial charge in [-0.25, -0.2) is 18.6 Å². The van der Waals surface area contributed by atoms with Gasteiger partial charge in [0.25, 0.3) is 5.19 Å². The highest BCUT2D eigenvalue weighted by molar-refractivity contribution is 7.13. The summed E-state index contributed by atoms with van der Waals surface area (Å²) >= 11 is 6.30. The van der Waals surface area contributed by atoms with Gasteiger partial charge in [0.2, 0.25) is 5.91 Å². The molecule has 7 nitrogen and oxygen atoms in total. The third-order valence-corrected chi connectivity index (χ3v) is 5.68. The number of alkyl halides is 2. The summed E-state index contributed by atoms with van der Waals surface area (Å²) in [6.45, 7) is -1.19. The Morgan fingerprint density at radius 1 is 1.43 bits per heavy atom. The molecule has 0 aliphatic carbocycles. The van der Waals surface area contributed by atoms with E-state index in [2.05, 4.69) is 20.4 Å². The molecule has 0 unspecified atom stereocenters. The molecule has 0 radical (unpaired) electrons. The number of ether oxygens (including phenoxy) is 1. The van der Waals surface area contributed by atoms with Crippen LogP contribution in [-0.4, -0.2) is 47.6 Å². The minimum atomic E-state index is -3.12. The molecule has 1 aliphatic heterocycles. The van der Waals surface area contributed by atoms with Crippen LogP contribution in [0.25, 0.3) is 0 Å². The smallest absolute Gasteiger partial charge is 0.389 e. The van der Waals surface area contributed by atoms with E-state index in [1.165, 1.54) is 11.8 Å². The predicted molar refractivity (Wildman–Crippen MR) is 99.7 cm³/mol. The van der Waals surface area contributed by atoms with Crippen molar-refractivity contribution in [1.82, 2.24) is 20.5 Å². The first kappa shape index (κ1) is 22.1. The maximum atomic E-state index is 14.7. The van der Waals surface area contributed by atoms with Crippen LogP contribution in [0.1, 0.15) is 23.4 Å². The van der Waals surface area contributed by atoms with Gasteiger partial charge >= 0.3 is 12.6 Å². The summed E-state index contributed by atoms with van der Waals surface area (Å²) in [7, 11) is 0. The maximum Gasteiger partial charge on any atom is 0.389 e. The fraction of sp³-hybridized carbons (Fsp3) is 0.353. The van der Waals surface area contributed by atoms with E-state index >= 15 is 0 Å². The molecule has 2 atom stereocenters. The number of urea groups is 1. The molecule has 1 aromatic heterocycles. The summed E-state index contributed by atoms with van der Waals surface area (Å²) in [6.07, 6.45) is 1.12. The summed E-state index contributed by atoms with van der Waals surface area (Å²) in [4.78, 5) is 29.7. The van der Waals surface area contributed by atoms with Crippen molar-refractivity contribution in [1.29, 1.82) is 0 Å². The quantitative estimate of drug-likeness (QED) is 0.523. The Bertz CT molecular complexity index is 961. The number of hydrogen-bond acceptors (Lipinski definition) is 5. The zero-order valence-corrected chi connectivity index (χ0v) is 16.9. The van der Waals surface area contributed by atoms with Crippen molar-refractivity contribution in [3.63, 3.8) is 0 Å². The van der Waals surface area contributed by atoms with E-state index in [0.717, 1.165) is 18.3 Å². The number of benzene rings is 1. The van der Waals surface area contributed by atoms with E-state index in [4.69, 9.17) is 11.6 Å². The molecule has 0 spiro atoms. The van der Waals surface area contributed by atoms with Crippen LogP contribution in [0, 0.1) is 11.6 Å². The molecule has 3 amide bonds. The predicted octanol–water partition coefficient (Wildman–Crippen LogP) is 3.30. The average molecular weight is 467 g/mol. The molecule has 0 bridgehead atoms. The summed E-state index contributed by atoms with van der Waals surface area (Å²) in [5, 5.41) is 3.95. The van der Waals surface area contributed by atoms with Gasteiger partial charge in [-0.05, 0) is 13.0 Å². The first-order chi connectivity index (χ1) is 14.2. The van der Waals surface area contributed by atoms with Crippen molar-refractivity contribution in [2.24, 2.45) is 0 Å². The summed E-state index contributed by atoms with van der Waals surface area (Å²) in [5.41, 5.74) is -0.212. The van der Waals surface area contributed by atoms with Crippen LogP contribution < -0.4 is 15.4 Å². The zero-order chi connectivity index (χ0) is 22.0. The lowest BCUT2D eigenvalue weighted by Gasteiger charge is -2.34. The van der Waals surface area contributed by atoms with Gasteiger partial charge in [-0.2, -0.15) is 8.78 Å². The van der Waals surface area contributed by atoms with E-state index in [0.29, 0.717) is 11.3 Å².